The van der Waals surface area contributed by atoms with Crippen LogP contribution >= 0.6 is 0 Å². The Balaban J connectivity index is 1.76. The van der Waals surface area contributed by atoms with Crippen LogP contribution in [0.5, 0.6) is 0 Å². The summed E-state index contributed by atoms with van der Waals surface area (Å²) < 4.78 is 0. The van der Waals surface area contributed by atoms with E-state index in [0.29, 0.717) is 0 Å². The largest absolute Gasteiger partial charge is 0.0622 e. The lowest BCUT2D eigenvalue weighted by molar-refractivity contribution is 1.26. The molecule has 0 nitrogen and oxygen atoms in total. The zero-order valence-corrected chi connectivity index (χ0v) is 18.2. The topological polar surface area (TPSA) is 0 Å². The molecule has 0 unspecified atom stereocenters. The van der Waals surface area contributed by atoms with Gasteiger partial charge in [0.05, 0.1) is 0 Å². The Labute approximate surface area is 189 Å². The van der Waals surface area contributed by atoms with Crippen LogP contribution in [0.1, 0.15) is 16.7 Å². The van der Waals surface area contributed by atoms with Gasteiger partial charge in [-0.3, -0.25) is 0 Å². The molecule has 1 aliphatic rings. The van der Waals surface area contributed by atoms with Gasteiger partial charge in [-0.15, -0.1) is 0 Å². The summed E-state index contributed by atoms with van der Waals surface area (Å²) in [5, 5.41) is 0. The van der Waals surface area contributed by atoms with Crippen molar-refractivity contribution in [2.45, 2.75) is 13.3 Å². The van der Waals surface area contributed by atoms with Crippen LogP contribution in [-0.4, -0.2) is 0 Å². The molecule has 0 aromatic heterocycles. The van der Waals surface area contributed by atoms with E-state index in [1.54, 1.807) is 0 Å². The fourth-order valence-corrected chi connectivity index (χ4v) is 5.06. The minimum atomic E-state index is 0.976. The van der Waals surface area contributed by atoms with Gasteiger partial charge in [0.2, 0.25) is 0 Å². The van der Waals surface area contributed by atoms with Gasteiger partial charge < -0.3 is 0 Å². The minimum Gasteiger partial charge on any atom is -0.0622 e. The second-order valence-corrected chi connectivity index (χ2v) is 8.63. The Bertz CT molecular complexity index is 1410. The summed E-state index contributed by atoms with van der Waals surface area (Å²) in [6.45, 7) is 2.16. The lowest BCUT2D eigenvalue weighted by Crippen LogP contribution is -1.97. The Morgan fingerprint density at radius 2 is 1.06 bits per heavy atom. The summed E-state index contributed by atoms with van der Waals surface area (Å²) in [4.78, 5) is 0. The van der Waals surface area contributed by atoms with Crippen molar-refractivity contribution in [2.75, 3.05) is 0 Å². The van der Waals surface area contributed by atoms with Crippen molar-refractivity contribution in [3.8, 4) is 44.5 Å². The van der Waals surface area contributed by atoms with Gasteiger partial charge in [0, 0.05) is 0 Å². The highest BCUT2D eigenvalue weighted by molar-refractivity contribution is 6.01. The summed E-state index contributed by atoms with van der Waals surface area (Å²) in [5.41, 5.74) is 14.7. The lowest BCUT2D eigenvalue weighted by Gasteiger charge is -2.21. The Morgan fingerprint density at radius 3 is 1.78 bits per heavy atom. The molecule has 0 fully saturated rings. The van der Waals surface area contributed by atoms with Crippen LogP contribution in [0.2, 0.25) is 0 Å². The number of fused-ring (bicyclic) bond motifs is 3. The van der Waals surface area contributed by atoms with Crippen LogP contribution in [0.4, 0.5) is 0 Å². The molecule has 0 heterocycles. The van der Waals surface area contributed by atoms with E-state index in [9.17, 15) is 0 Å². The van der Waals surface area contributed by atoms with Crippen molar-refractivity contribution >= 4 is 0 Å². The van der Waals surface area contributed by atoms with Crippen LogP contribution in [0.3, 0.4) is 0 Å². The highest BCUT2D eigenvalue weighted by atomic mass is 14.3. The molecular formula is C32H24. The monoisotopic (exact) mass is 408 g/mol. The molecule has 5 aromatic rings. The van der Waals surface area contributed by atoms with Gasteiger partial charge in [-0.2, -0.15) is 0 Å². The normalized spacial score (nSPS) is 11.8. The number of aryl methyl sites for hydroxylation is 1. The first-order valence-electron chi connectivity index (χ1n) is 11.3. The highest BCUT2D eigenvalue weighted by Gasteiger charge is 2.27. The Kier molecular flexibility index (Phi) is 4.51. The van der Waals surface area contributed by atoms with Crippen molar-refractivity contribution < 1.29 is 0 Å². The van der Waals surface area contributed by atoms with E-state index in [1.165, 1.54) is 61.2 Å². The molecule has 0 spiro atoms. The fraction of sp³-hybridized carbons (Fsp3) is 0.0625. The maximum absolute atomic E-state index is 2.43. The summed E-state index contributed by atoms with van der Waals surface area (Å²) >= 11 is 0. The molecule has 0 bridgehead atoms. The van der Waals surface area contributed by atoms with Crippen molar-refractivity contribution in [1.29, 1.82) is 0 Å². The predicted molar refractivity (Wildman–Crippen MR) is 136 cm³/mol. The van der Waals surface area contributed by atoms with Gasteiger partial charge in [0.15, 0.2) is 0 Å². The van der Waals surface area contributed by atoms with Crippen molar-refractivity contribution in [1.82, 2.24) is 0 Å². The second-order valence-electron chi connectivity index (χ2n) is 8.63. The molecule has 0 heteroatoms. The van der Waals surface area contributed by atoms with E-state index >= 15 is 0 Å². The van der Waals surface area contributed by atoms with Crippen molar-refractivity contribution in [3.05, 3.63) is 132 Å². The van der Waals surface area contributed by atoms with E-state index < -0.39 is 0 Å². The zero-order valence-electron chi connectivity index (χ0n) is 18.2. The maximum Gasteiger partial charge on any atom is -0.000705 e. The molecule has 0 saturated heterocycles. The fourth-order valence-electron chi connectivity index (χ4n) is 5.06. The molecular weight excluding hydrogens is 384 g/mol. The van der Waals surface area contributed by atoms with Crippen LogP contribution < -0.4 is 0 Å². The van der Waals surface area contributed by atoms with Crippen LogP contribution in [-0.2, 0) is 6.42 Å². The number of hydrogen-bond acceptors (Lipinski definition) is 0. The van der Waals surface area contributed by atoms with E-state index in [2.05, 4.69) is 122 Å². The predicted octanol–water partition coefficient (Wildman–Crippen LogP) is 8.57. The third-order valence-electron chi connectivity index (χ3n) is 6.60. The zero-order chi connectivity index (χ0) is 21.5. The van der Waals surface area contributed by atoms with E-state index in [0.717, 1.165) is 6.42 Å². The molecule has 0 aliphatic heterocycles. The van der Waals surface area contributed by atoms with Crippen LogP contribution in [0, 0.1) is 6.92 Å². The Morgan fingerprint density at radius 1 is 0.469 bits per heavy atom. The molecule has 0 N–H and O–H groups in total. The standard InChI is InChI=1S/C32H24/c1-22-16-18-25(19-17-22)32-30-20-26-14-8-9-15-27(26)29(30)21-28(23-10-4-2-5-11-23)31(32)24-12-6-3-7-13-24/h2-19,21H,20H2,1H3. The number of benzene rings is 5. The molecule has 1 aliphatic carbocycles. The van der Waals surface area contributed by atoms with Gasteiger partial charge >= 0.3 is 0 Å². The number of rotatable bonds is 3. The van der Waals surface area contributed by atoms with Crippen LogP contribution in [0.25, 0.3) is 44.5 Å². The Hall–Kier alpha value is -3.90. The summed E-state index contributed by atoms with van der Waals surface area (Å²) in [6.07, 6.45) is 0.976. The van der Waals surface area contributed by atoms with Gasteiger partial charge in [-0.25, -0.2) is 0 Å². The maximum atomic E-state index is 2.43. The second kappa shape index (κ2) is 7.66. The van der Waals surface area contributed by atoms with Gasteiger partial charge in [0.1, 0.15) is 0 Å². The van der Waals surface area contributed by atoms with Crippen LogP contribution in [0.15, 0.2) is 115 Å². The third-order valence-corrected chi connectivity index (χ3v) is 6.60. The molecule has 0 radical (unpaired) electrons. The summed E-state index contributed by atoms with van der Waals surface area (Å²) in [7, 11) is 0. The van der Waals surface area contributed by atoms with E-state index in [1.807, 2.05) is 0 Å². The molecule has 6 rings (SSSR count). The molecule has 0 saturated carbocycles. The molecule has 0 amide bonds. The lowest BCUT2D eigenvalue weighted by atomic mass is 9.82. The van der Waals surface area contributed by atoms with Gasteiger partial charge in [-0.05, 0) is 75.0 Å². The van der Waals surface area contributed by atoms with E-state index in [-0.39, 0.29) is 0 Å². The average molecular weight is 409 g/mol. The van der Waals surface area contributed by atoms with E-state index in [4.69, 9.17) is 0 Å². The third kappa shape index (κ3) is 3.08. The summed E-state index contributed by atoms with van der Waals surface area (Å²) in [6, 6.07) is 42.0. The average Bonchev–Trinajstić information content (AvgIpc) is 3.23. The minimum absolute atomic E-state index is 0.976. The first kappa shape index (κ1) is 18.8. The van der Waals surface area contributed by atoms with Crippen molar-refractivity contribution in [2.24, 2.45) is 0 Å². The van der Waals surface area contributed by atoms with Gasteiger partial charge in [0.25, 0.3) is 0 Å². The smallest absolute Gasteiger partial charge is 0.000705 e. The first-order chi connectivity index (χ1) is 15.8. The van der Waals surface area contributed by atoms with Gasteiger partial charge in [-0.1, -0.05) is 115 Å². The highest BCUT2D eigenvalue weighted by Crippen LogP contribution is 2.50. The van der Waals surface area contributed by atoms with Crippen molar-refractivity contribution in [3.63, 3.8) is 0 Å². The summed E-state index contributed by atoms with van der Waals surface area (Å²) in [5.74, 6) is 0. The number of hydrogen-bond donors (Lipinski definition) is 0. The first-order valence-corrected chi connectivity index (χ1v) is 11.3. The molecule has 5 aromatic carbocycles. The molecule has 32 heavy (non-hydrogen) atoms. The quantitative estimate of drug-likeness (QED) is 0.275. The molecule has 152 valence electrons. The molecule has 0 atom stereocenters. The SMILES string of the molecule is Cc1ccc(-c2c3c(cc(-c4ccccc4)c2-c2ccccc2)-c2ccccc2C3)cc1.